The molecule has 0 aliphatic heterocycles. The molecule has 0 fully saturated rings. The molecular weight excluding hydrogens is 741 g/mol. The third-order valence-corrected chi connectivity index (χ3v) is 4.76. The first kappa shape index (κ1) is 63.7. The van der Waals surface area contributed by atoms with E-state index in [0.29, 0.717) is 58.0 Å². The normalized spacial score (nSPS) is 8.71. The van der Waals surface area contributed by atoms with E-state index in [1.807, 2.05) is 9.80 Å². The molecular formula is C27H52ClFK2N2O16. The summed E-state index contributed by atoms with van der Waals surface area (Å²) in [5.74, 6) is -1.91. The van der Waals surface area contributed by atoms with Crippen molar-refractivity contribution >= 4 is 53.9 Å². The van der Waals surface area contributed by atoms with E-state index in [1.165, 1.54) is 35.4 Å². The minimum absolute atomic E-state index is 0. The van der Waals surface area contributed by atoms with Gasteiger partial charge in [-0.2, -0.15) is 0 Å². The molecule has 282 valence electrons. The van der Waals surface area contributed by atoms with E-state index < -0.39 is 13.1 Å². The molecule has 22 heteroatoms. The van der Waals surface area contributed by atoms with Gasteiger partial charge in [0, 0.05) is 66.1 Å². The van der Waals surface area contributed by atoms with Crippen molar-refractivity contribution in [2.45, 2.75) is 39.5 Å². The monoisotopic (exact) mass is 793 g/mol. The molecule has 49 heavy (non-hydrogen) atoms. The number of hydrogen-bond acceptors (Lipinski definition) is 17. The number of carbonyl (C=O) groups is 7. The Morgan fingerprint density at radius 1 is 0.755 bits per heavy atom. The molecule has 0 aliphatic rings. The van der Waals surface area contributed by atoms with E-state index in [4.69, 9.17) is 42.8 Å². The van der Waals surface area contributed by atoms with Gasteiger partial charge >= 0.3 is 133 Å². The molecule has 0 heterocycles. The van der Waals surface area contributed by atoms with Gasteiger partial charge in [0.15, 0.2) is 0 Å². The predicted octanol–water partition coefficient (Wildman–Crippen LogP) is -6.53. The van der Waals surface area contributed by atoms with Crippen LogP contribution in [0.2, 0.25) is 0 Å². The zero-order chi connectivity index (χ0) is 38.8. The molecule has 0 atom stereocenters. The molecule has 0 rings (SSSR count). The summed E-state index contributed by atoms with van der Waals surface area (Å²) in [6, 6.07) is 0. The fourth-order valence-electron chi connectivity index (χ4n) is 2.51. The van der Waals surface area contributed by atoms with Gasteiger partial charge in [-0.3, -0.25) is 42.9 Å². The van der Waals surface area contributed by atoms with Gasteiger partial charge < -0.3 is 50.4 Å². The minimum atomic E-state index is -1.00. The van der Waals surface area contributed by atoms with Crippen LogP contribution in [0.4, 0.5) is 4.39 Å². The third-order valence-electron chi connectivity index (χ3n) is 4.59. The number of halogens is 2. The van der Waals surface area contributed by atoms with Crippen molar-refractivity contribution in [1.29, 1.82) is 0 Å². The van der Waals surface area contributed by atoms with Gasteiger partial charge in [0.05, 0.1) is 62.6 Å². The zero-order valence-corrected chi connectivity index (χ0v) is 37.0. The summed E-state index contributed by atoms with van der Waals surface area (Å²) in [7, 11) is 5.34. The smallest absolute Gasteiger partial charge is 1.00 e. The second-order valence-corrected chi connectivity index (χ2v) is 8.11. The Balaban J connectivity index is -0.0000000708. The number of alkyl halides is 2. The molecule has 18 nitrogen and oxygen atoms in total. The van der Waals surface area contributed by atoms with Gasteiger partial charge in [-0.25, -0.2) is 0 Å². The average Bonchev–Trinajstić information content (AvgIpc) is 3.07. The Hall–Kier alpha value is -0.377. The number of carboxylic acids is 1. The second kappa shape index (κ2) is 57.0. The molecule has 0 aliphatic carbocycles. The first-order valence-corrected chi connectivity index (χ1v) is 13.9. The minimum Gasteiger partial charge on any atom is -1.00 e. The average molecular weight is 794 g/mol. The van der Waals surface area contributed by atoms with Gasteiger partial charge in [0.25, 0.3) is 12.4 Å². The molecule has 0 unspecified atom stereocenters. The van der Waals surface area contributed by atoms with E-state index in [9.17, 15) is 28.4 Å². The van der Waals surface area contributed by atoms with E-state index in [-0.39, 0.29) is 160 Å². The van der Waals surface area contributed by atoms with Gasteiger partial charge in [-0.15, -0.1) is 11.6 Å². The van der Waals surface area contributed by atoms with E-state index >= 15 is 0 Å². The number of carbonyl (C=O) groups excluding carboxylic acids is 6. The van der Waals surface area contributed by atoms with Gasteiger partial charge in [-0.1, -0.05) is 0 Å². The molecule has 0 amide bonds. The largest absolute Gasteiger partial charge is 1.00 e. The number of carboxylic acid groups (broad SMARTS) is 1. The van der Waals surface area contributed by atoms with Crippen LogP contribution in [0, 0.1) is 0 Å². The van der Waals surface area contributed by atoms with Crippen LogP contribution in [-0.4, -0.2) is 157 Å². The summed E-state index contributed by atoms with van der Waals surface area (Å²) in [4.78, 5) is 78.7. The van der Waals surface area contributed by atoms with Crippen molar-refractivity contribution in [2.75, 3.05) is 94.5 Å². The Labute approximate surface area is 380 Å². The SMILES string of the molecule is CC(=O)O.CO.COC(=O)CCN(CCCl)CCC(=O)OC.COC(=O)CCN(CCOC(C)=O)CCC(=O)OC.O=CO[O-].[2H]CF.[H-].[K+].[K+]. The van der Waals surface area contributed by atoms with Crippen molar-refractivity contribution < 1.29 is 188 Å². The quantitative estimate of drug-likeness (QED) is 0.0249. The maximum Gasteiger partial charge on any atom is 1.00 e. The van der Waals surface area contributed by atoms with Crippen molar-refractivity contribution in [3.63, 3.8) is 0 Å². The summed E-state index contributed by atoms with van der Waals surface area (Å²) < 4.78 is 38.5. The number of hydrogen-bond donors (Lipinski definition) is 2. The Morgan fingerprint density at radius 2 is 1.00 bits per heavy atom. The molecule has 0 aromatic carbocycles. The molecule has 0 spiro atoms. The number of nitrogens with zero attached hydrogens (tertiary/aromatic N) is 2. The van der Waals surface area contributed by atoms with Crippen molar-refractivity contribution in [1.82, 2.24) is 9.80 Å². The third kappa shape index (κ3) is 70.0. The summed E-state index contributed by atoms with van der Waals surface area (Å²) in [6.07, 6.45) is 1.04. The van der Waals surface area contributed by atoms with Crippen LogP contribution >= 0.6 is 11.6 Å². The summed E-state index contributed by atoms with van der Waals surface area (Å²) in [6.45, 7) is 5.48. The van der Waals surface area contributed by atoms with Crippen molar-refractivity contribution in [3.05, 3.63) is 0 Å². The van der Waals surface area contributed by atoms with Gasteiger partial charge in [0.2, 0.25) is 0 Å². The predicted molar refractivity (Wildman–Crippen MR) is 164 cm³/mol. The number of methoxy groups -OCH3 is 4. The number of esters is 5. The Bertz CT molecular complexity index is 789. The van der Waals surface area contributed by atoms with Crippen LogP contribution in [0.1, 0.15) is 42.3 Å². The number of aliphatic hydroxyl groups excluding tert-OH is 1. The van der Waals surface area contributed by atoms with Crippen LogP contribution in [0.5, 0.6) is 0 Å². The van der Waals surface area contributed by atoms with Crippen LogP contribution < -0.4 is 108 Å². The Kier molecular flexibility index (Phi) is 74.0. The van der Waals surface area contributed by atoms with E-state index in [2.05, 4.69) is 23.8 Å². The fourth-order valence-corrected chi connectivity index (χ4v) is 2.75. The first-order valence-electron chi connectivity index (χ1n) is 14.0. The summed E-state index contributed by atoms with van der Waals surface area (Å²) in [5.41, 5.74) is 0. The summed E-state index contributed by atoms with van der Waals surface area (Å²) >= 11 is 5.62. The molecule has 0 saturated heterocycles. The molecule has 0 aromatic rings. The topological polar surface area (TPSA) is 245 Å². The molecule has 2 N–H and O–H groups in total. The Morgan fingerprint density at radius 3 is 1.18 bits per heavy atom. The van der Waals surface area contributed by atoms with E-state index in [1.54, 1.807) is 0 Å². The zero-order valence-electron chi connectivity index (χ0n) is 32.0. The summed E-state index contributed by atoms with van der Waals surface area (Å²) in [5, 5.41) is 22.8. The van der Waals surface area contributed by atoms with Crippen molar-refractivity contribution in [2.24, 2.45) is 0 Å². The van der Waals surface area contributed by atoms with Crippen molar-refractivity contribution in [3.8, 4) is 0 Å². The number of aliphatic hydroxyl groups is 1. The maximum atomic E-state index is 11.1. The van der Waals surface area contributed by atoms with Crippen LogP contribution in [0.25, 0.3) is 0 Å². The standard InChI is InChI=1S/C12H21NO6.C10H18ClNO4.C2H4O2.CH3F.CH2O3.CH4O.2K.H/c1-10(14)19-9-8-13(6-4-11(15)17-2)7-5-12(16)18-3;1-15-9(13)3-6-12(8-5-11)7-4-10(14)16-2;1-2(3)4;1-2;2-1-4-3;1-2;;;/h4-9H2,1-3H3;3-8H2,1-2H3;1H3,(H,3,4);1H3;1,3H;2H,1H3;;;/q;;;;;;2*+1;-1/p-1/i;;;1D;;;;;. The number of ether oxygens (including phenoxy) is 5. The number of rotatable bonds is 18. The van der Waals surface area contributed by atoms with Crippen LogP contribution in [0.3, 0.4) is 0 Å². The van der Waals surface area contributed by atoms with E-state index in [0.717, 1.165) is 14.0 Å². The van der Waals surface area contributed by atoms with Gasteiger partial charge in [0.1, 0.15) is 6.61 Å². The fraction of sp³-hybridized carbons (Fsp3) is 0.741. The molecule has 0 aromatic heterocycles. The number of aliphatic carboxylic acids is 1. The maximum absolute atomic E-state index is 11.1. The van der Waals surface area contributed by atoms with Gasteiger partial charge in [-0.05, 0) is 0 Å². The molecule has 0 radical (unpaired) electrons. The van der Waals surface area contributed by atoms with Crippen LogP contribution in [0.15, 0.2) is 0 Å². The molecule has 0 saturated carbocycles. The second-order valence-electron chi connectivity index (χ2n) is 7.73. The first-order chi connectivity index (χ1) is 22.7. The molecule has 0 bridgehead atoms. The van der Waals surface area contributed by atoms with Crippen LogP contribution in [-0.2, 0) is 62.1 Å².